The molecule has 0 spiro atoms. The third-order valence-corrected chi connectivity index (χ3v) is 4.73. The van der Waals surface area contributed by atoms with Crippen LogP contribution in [0, 0.1) is 6.92 Å². The number of hydrogen-bond acceptors (Lipinski definition) is 3. The molecule has 1 N–H and O–H groups in total. The van der Waals surface area contributed by atoms with Gasteiger partial charge in [0.1, 0.15) is 0 Å². The summed E-state index contributed by atoms with van der Waals surface area (Å²) in [4.78, 5) is 15.1. The number of carbonyl (C=O) groups excluding carboxylic acids is 1. The van der Waals surface area contributed by atoms with E-state index in [1.807, 2.05) is 59.2 Å². The van der Waals surface area contributed by atoms with Crippen molar-refractivity contribution in [3.8, 4) is 11.3 Å². The average Bonchev–Trinajstić information content (AvgIpc) is 3.36. The summed E-state index contributed by atoms with van der Waals surface area (Å²) in [5.74, 6) is 0.0407. The Morgan fingerprint density at radius 1 is 1.28 bits per heavy atom. The number of aryl methyl sites for hydroxylation is 1. The quantitative estimate of drug-likeness (QED) is 0.797. The third-order valence-electron chi connectivity index (χ3n) is 4.73. The second-order valence-electron chi connectivity index (χ2n) is 6.56. The van der Waals surface area contributed by atoms with E-state index in [-0.39, 0.29) is 11.9 Å². The number of amides is 1. The highest BCUT2D eigenvalue weighted by Crippen LogP contribution is 2.26. The number of H-pyrrole nitrogens is 1. The summed E-state index contributed by atoms with van der Waals surface area (Å²) < 4.78 is 1.93. The molecule has 1 atom stereocenters. The van der Waals surface area contributed by atoms with Crippen molar-refractivity contribution in [1.82, 2.24) is 24.9 Å². The molecule has 128 valence electrons. The molecule has 1 amide bonds. The van der Waals surface area contributed by atoms with Gasteiger partial charge in [0.25, 0.3) is 5.91 Å². The molecule has 4 rings (SSSR count). The zero-order valence-electron chi connectivity index (χ0n) is 14.2. The van der Waals surface area contributed by atoms with E-state index < -0.39 is 0 Å². The summed E-state index contributed by atoms with van der Waals surface area (Å²) in [6, 6.07) is 10.0. The molecule has 3 aromatic rings. The molecule has 1 fully saturated rings. The van der Waals surface area contributed by atoms with Crippen LogP contribution in [-0.4, -0.2) is 43.4 Å². The van der Waals surface area contributed by atoms with Gasteiger partial charge in [-0.2, -0.15) is 10.2 Å². The number of rotatable bonds is 4. The Bertz CT molecular complexity index is 867. The summed E-state index contributed by atoms with van der Waals surface area (Å²) in [5, 5.41) is 11.5. The van der Waals surface area contributed by atoms with E-state index in [2.05, 4.69) is 15.3 Å². The van der Waals surface area contributed by atoms with E-state index in [9.17, 15) is 4.79 Å². The zero-order valence-corrected chi connectivity index (χ0v) is 14.2. The lowest BCUT2D eigenvalue weighted by Gasteiger charge is -2.24. The first kappa shape index (κ1) is 15.6. The van der Waals surface area contributed by atoms with E-state index in [1.165, 1.54) is 0 Å². The maximum Gasteiger partial charge on any atom is 0.258 e. The van der Waals surface area contributed by atoms with Crippen molar-refractivity contribution in [2.75, 3.05) is 6.54 Å². The van der Waals surface area contributed by atoms with Gasteiger partial charge in [0.2, 0.25) is 0 Å². The fourth-order valence-corrected chi connectivity index (χ4v) is 3.50. The van der Waals surface area contributed by atoms with Crippen molar-refractivity contribution in [1.29, 1.82) is 0 Å². The van der Waals surface area contributed by atoms with E-state index in [4.69, 9.17) is 0 Å². The van der Waals surface area contributed by atoms with Crippen molar-refractivity contribution in [3.63, 3.8) is 0 Å². The fraction of sp³-hybridized carbons (Fsp3) is 0.316. The average molecular weight is 335 g/mol. The van der Waals surface area contributed by atoms with Crippen LogP contribution in [0.2, 0.25) is 0 Å². The van der Waals surface area contributed by atoms with Crippen LogP contribution in [0.1, 0.15) is 28.8 Å². The molecule has 2 aromatic heterocycles. The topological polar surface area (TPSA) is 66.8 Å². The SMILES string of the molecule is Cc1cnn(C[C@H]2CCCN2C(=O)c2cn[nH]c2-c2ccccc2)c1. The first-order valence-corrected chi connectivity index (χ1v) is 8.61. The predicted octanol–water partition coefficient (Wildman–Crippen LogP) is 2.89. The molecule has 6 heteroatoms. The minimum atomic E-state index is 0.0407. The molecule has 0 aliphatic carbocycles. The van der Waals surface area contributed by atoms with Crippen LogP contribution in [0.15, 0.2) is 48.9 Å². The van der Waals surface area contributed by atoms with Gasteiger partial charge in [-0.3, -0.25) is 14.6 Å². The Labute approximate surface area is 146 Å². The van der Waals surface area contributed by atoms with Gasteiger partial charge >= 0.3 is 0 Å². The number of hydrogen-bond donors (Lipinski definition) is 1. The molecule has 0 saturated carbocycles. The number of carbonyl (C=O) groups is 1. The van der Waals surface area contributed by atoms with Crippen LogP contribution < -0.4 is 0 Å². The molecule has 0 bridgehead atoms. The highest BCUT2D eigenvalue weighted by molar-refractivity contribution is 6.00. The van der Waals surface area contributed by atoms with Gasteiger partial charge in [0.05, 0.1) is 36.2 Å². The van der Waals surface area contributed by atoms with Gasteiger partial charge < -0.3 is 4.90 Å². The molecular weight excluding hydrogens is 314 g/mol. The van der Waals surface area contributed by atoms with Crippen molar-refractivity contribution in [3.05, 3.63) is 60.0 Å². The van der Waals surface area contributed by atoms with Crippen LogP contribution in [-0.2, 0) is 6.54 Å². The molecular formula is C19H21N5O. The molecule has 25 heavy (non-hydrogen) atoms. The van der Waals surface area contributed by atoms with Crippen LogP contribution in [0.4, 0.5) is 0 Å². The van der Waals surface area contributed by atoms with Crippen molar-refractivity contribution < 1.29 is 4.79 Å². The van der Waals surface area contributed by atoms with Gasteiger partial charge in [-0.15, -0.1) is 0 Å². The maximum atomic E-state index is 13.1. The van der Waals surface area contributed by atoms with Gasteiger partial charge in [0.15, 0.2) is 0 Å². The monoisotopic (exact) mass is 335 g/mol. The smallest absolute Gasteiger partial charge is 0.258 e. The molecule has 1 aliphatic rings. The summed E-state index contributed by atoms with van der Waals surface area (Å²) in [6.45, 7) is 3.54. The predicted molar refractivity (Wildman–Crippen MR) is 95.0 cm³/mol. The summed E-state index contributed by atoms with van der Waals surface area (Å²) in [6.07, 6.45) is 7.54. The Morgan fingerprint density at radius 2 is 2.12 bits per heavy atom. The Balaban J connectivity index is 1.57. The number of nitrogens with one attached hydrogen (secondary N) is 1. The molecule has 1 aromatic carbocycles. The number of nitrogens with zero attached hydrogens (tertiary/aromatic N) is 4. The standard InChI is InChI=1S/C19H21N5O/c1-14-10-21-23(12-14)13-16-8-5-9-24(16)19(25)17-11-20-22-18(17)15-6-3-2-4-7-15/h2-4,6-7,10-12,16H,5,8-9,13H2,1H3,(H,20,22)/t16-/m1/s1. The van der Waals surface area contributed by atoms with Crippen LogP contribution in [0.3, 0.4) is 0 Å². The van der Waals surface area contributed by atoms with Crippen molar-refractivity contribution >= 4 is 5.91 Å². The summed E-state index contributed by atoms with van der Waals surface area (Å²) >= 11 is 0. The van der Waals surface area contributed by atoms with Gasteiger partial charge in [-0.25, -0.2) is 0 Å². The zero-order chi connectivity index (χ0) is 17.2. The van der Waals surface area contributed by atoms with Crippen molar-refractivity contribution in [2.24, 2.45) is 0 Å². The first-order valence-electron chi connectivity index (χ1n) is 8.61. The van der Waals surface area contributed by atoms with Crippen LogP contribution in [0.25, 0.3) is 11.3 Å². The molecule has 6 nitrogen and oxygen atoms in total. The number of benzene rings is 1. The number of aromatic amines is 1. The second kappa shape index (κ2) is 6.55. The Kier molecular flexibility index (Phi) is 4.09. The van der Waals surface area contributed by atoms with Gasteiger partial charge in [-0.05, 0) is 25.3 Å². The van der Waals surface area contributed by atoms with Crippen LogP contribution in [0.5, 0.6) is 0 Å². The summed E-state index contributed by atoms with van der Waals surface area (Å²) in [7, 11) is 0. The van der Waals surface area contributed by atoms with E-state index in [1.54, 1.807) is 6.20 Å². The Morgan fingerprint density at radius 3 is 2.88 bits per heavy atom. The highest BCUT2D eigenvalue weighted by atomic mass is 16.2. The van der Waals surface area contributed by atoms with E-state index >= 15 is 0 Å². The highest BCUT2D eigenvalue weighted by Gasteiger charge is 2.31. The minimum absolute atomic E-state index is 0.0407. The first-order chi connectivity index (χ1) is 12.2. The van der Waals surface area contributed by atoms with E-state index in [0.29, 0.717) is 5.56 Å². The van der Waals surface area contributed by atoms with Gasteiger partial charge in [0, 0.05) is 18.3 Å². The molecule has 0 unspecified atom stereocenters. The largest absolute Gasteiger partial charge is 0.334 e. The molecule has 0 radical (unpaired) electrons. The second-order valence-corrected chi connectivity index (χ2v) is 6.56. The number of likely N-dealkylation sites (tertiary alicyclic amines) is 1. The minimum Gasteiger partial charge on any atom is -0.334 e. The maximum absolute atomic E-state index is 13.1. The summed E-state index contributed by atoms with van der Waals surface area (Å²) in [5.41, 5.74) is 3.53. The molecule has 1 aliphatic heterocycles. The van der Waals surface area contributed by atoms with E-state index in [0.717, 1.165) is 42.8 Å². The van der Waals surface area contributed by atoms with Gasteiger partial charge in [-0.1, -0.05) is 30.3 Å². The lowest BCUT2D eigenvalue weighted by Crippen LogP contribution is -2.38. The lowest BCUT2D eigenvalue weighted by molar-refractivity contribution is 0.0722. The van der Waals surface area contributed by atoms with Crippen LogP contribution >= 0.6 is 0 Å². The number of aromatic nitrogens is 4. The fourth-order valence-electron chi connectivity index (χ4n) is 3.50. The molecule has 1 saturated heterocycles. The lowest BCUT2D eigenvalue weighted by atomic mass is 10.1. The normalized spacial score (nSPS) is 17.2. The third kappa shape index (κ3) is 3.07. The van der Waals surface area contributed by atoms with Crippen molar-refractivity contribution in [2.45, 2.75) is 32.4 Å². The Hall–Kier alpha value is -2.89. The molecule has 3 heterocycles.